The third-order valence-electron chi connectivity index (χ3n) is 3.57. The molecule has 2 rings (SSSR count). The molecule has 1 amide bonds. The summed E-state index contributed by atoms with van der Waals surface area (Å²) in [4.78, 5) is 11.3. The van der Waals surface area contributed by atoms with E-state index in [-0.39, 0.29) is 12.3 Å². The first-order valence-electron chi connectivity index (χ1n) is 6.51. The minimum absolute atomic E-state index is 0.149. The second-order valence-corrected chi connectivity index (χ2v) is 6.82. The summed E-state index contributed by atoms with van der Waals surface area (Å²) >= 11 is 0. The number of hydrogen-bond donors (Lipinski definition) is 2. The average molecular weight is 297 g/mol. The zero-order chi connectivity index (χ0) is 14.8. The fourth-order valence-corrected chi connectivity index (χ4v) is 4.38. The normalized spacial score (nSPS) is 20.1. The fourth-order valence-electron chi connectivity index (χ4n) is 2.53. The van der Waals surface area contributed by atoms with Gasteiger partial charge in [0.25, 0.3) is 0 Å². The van der Waals surface area contributed by atoms with Gasteiger partial charge in [0.1, 0.15) is 6.04 Å². The number of nitrogens with two attached hydrogens (primary N) is 2. The number of sulfonamides is 1. The standard InChI is InChI=1S/C13H19N3O3S/c14-8-10-4-1-2-5-11(10)9-20(18,19)16-7-3-6-12(16)13(15)17/h1-2,4-5,12H,3,6-9,14H2,(H2,15,17). The molecule has 1 aliphatic heterocycles. The van der Waals surface area contributed by atoms with E-state index in [1.165, 1.54) is 4.31 Å². The SMILES string of the molecule is NCc1ccccc1CS(=O)(=O)N1CCCC1C(N)=O. The van der Waals surface area contributed by atoms with Crippen LogP contribution in [-0.4, -0.2) is 31.2 Å². The molecule has 1 aliphatic rings. The van der Waals surface area contributed by atoms with Crippen LogP contribution in [-0.2, 0) is 27.1 Å². The number of nitrogens with zero attached hydrogens (tertiary/aromatic N) is 1. The lowest BCUT2D eigenvalue weighted by molar-refractivity contribution is -0.121. The molecule has 1 aromatic carbocycles. The lowest BCUT2D eigenvalue weighted by atomic mass is 10.1. The number of primary amides is 1. The minimum Gasteiger partial charge on any atom is -0.368 e. The maximum Gasteiger partial charge on any atom is 0.235 e. The summed E-state index contributed by atoms with van der Waals surface area (Å²) in [6.45, 7) is 0.631. The predicted octanol–water partition coefficient (Wildman–Crippen LogP) is -0.0752. The summed E-state index contributed by atoms with van der Waals surface area (Å²) in [6, 6.07) is 6.43. The predicted molar refractivity (Wildman–Crippen MR) is 75.9 cm³/mol. The molecule has 1 aromatic rings. The number of carbonyl (C=O) groups is 1. The smallest absolute Gasteiger partial charge is 0.235 e. The molecule has 0 saturated carbocycles. The quantitative estimate of drug-likeness (QED) is 0.793. The van der Waals surface area contributed by atoms with E-state index in [0.29, 0.717) is 24.9 Å². The highest BCUT2D eigenvalue weighted by Crippen LogP contribution is 2.24. The van der Waals surface area contributed by atoms with Gasteiger partial charge in [0.05, 0.1) is 5.75 Å². The highest BCUT2D eigenvalue weighted by atomic mass is 32.2. The van der Waals surface area contributed by atoms with E-state index in [4.69, 9.17) is 11.5 Å². The van der Waals surface area contributed by atoms with E-state index in [1.807, 2.05) is 6.07 Å². The summed E-state index contributed by atoms with van der Waals surface area (Å²) < 4.78 is 26.1. The second kappa shape index (κ2) is 5.90. The zero-order valence-electron chi connectivity index (χ0n) is 11.2. The summed E-state index contributed by atoms with van der Waals surface area (Å²) in [5.74, 6) is -0.734. The van der Waals surface area contributed by atoms with Crippen molar-refractivity contribution in [2.24, 2.45) is 11.5 Å². The van der Waals surface area contributed by atoms with Gasteiger partial charge in [-0.3, -0.25) is 4.79 Å². The number of rotatable bonds is 5. The zero-order valence-corrected chi connectivity index (χ0v) is 12.0. The van der Waals surface area contributed by atoms with Gasteiger partial charge in [-0.1, -0.05) is 24.3 Å². The molecule has 110 valence electrons. The van der Waals surface area contributed by atoms with Crippen molar-refractivity contribution in [3.8, 4) is 0 Å². The molecule has 0 bridgehead atoms. The third-order valence-corrected chi connectivity index (χ3v) is 5.39. The van der Waals surface area contributed by atoms with E-state index < -0.39 is 22.0 Å². The average Bonchev–Trinajstić information content (AvgIpc) is 2.89. The van der Waals surface area contributed by atoms with Crippen molar-refractivity contribution >= 4 is 15.9 Å². The van der Waals surface area contributed by atoms with Gasteiger partial charge in [-0.15, -0.1) is 0 Å². The van der Waals surface area contributed by atoms with Crippen molar-refractivity contribution in [3.63, 3.8) is 0 Å². The van der Waals surface area contributed by atoms with Crippen LogP contribution >= 0.6 is 0 Å². The third kappa shape index (κ3) is 3.00. The molecule has 1 atom stereocenters. The first kappa shape index (κ1) is 15.0. The van der Waals surface area contributed by atoms with Crippen LogP contribution in [0.3, 0.4) is 0 Å². The van der Waals surface area contributed by atoms with E-state index in [9.17, 15) is 13.2 Å². The Morgan fingerprint density at radius 2 is 1.95 bits per heavy atom. The molecule has 1 saturated heterocycles. The molecule has 0 spiro atoms. The first-order valence-corrected chi connectivity index (χ1v) is 8.12. The van der Waals surface area contributed by atoms with Gasteiger partial charge in [0.2, 0.25) is 15.9 Å². The van der Waals surface area contributed by atoms with E-state index in [2.05, 4.69) is 0 Å². The van der Waals surface area contributed by atoms with Crippen molar-refractivity contribution < 1.29 is 13.2 Å². The molecule has 1 unspecified atom stereocenters. The van der Waals surface area contributed by atoms with Crippen LogP contribution in [0.4, 0.5) is 0 Å². The molecule has 4 N–H and O–H groups in total. The maximum atomic E-state index is 12.5. The highest BCUT2D eigenvalue weighted by Gasteiger charge is 2.37. The summed E-state index contributed by atoms with van der Waals surface area (Å²) in [5.41, 5.74) is 12.4. The van der Waals surface area contributed by atoms with E-state index in [1.54, 1.807) is 18.2 Å². The van der Waals surface area contributed by atoms with Crippen molar-refractivity contribution in [2.75, 3.05) is 6.54 Å². The van der Waals surface area contributed by atoms with Crippen LogP contribution in [0.2, 0.25) is 0 Å². The largest absolute Gasteiger partial charge is 0.368 e. The van der Waals surface area contributed by atoms with Crippen LogP contribution in [0.15, 0.2) is 24.3 Å². The number of benzene rings is 1. The molecule has 1 fully saturated rings. The molecule has 0 aromatic heterocycles. The van der Waals surface area contributed by atoms with Crippen LogP contribution in [0.5, 0.6) is 0 Å². The Bertz CT molecular complexity index is 601. The highest BCUT2D eigenvalue weighted by molar-refractivity contribution is 7.88. The fraction of sp³-hybridized carbons (Fsp3) is 0.462. The van der Waals surface area contributed by atoms with Gasteiger partial charge in [-0.05, 0) is 24.0 Å². The molecule has 7 heteroatoms. The van der Waals surface area contributed by atoms with Crippen LogP contribution < -0.4 is 11.5 Å². The lowest BCUT2D eigenvalue weighted by Gasteiger charge is -2.22. The van der Waals surface area contributed by atoms with Gasteiger partial charge in [-0.2, -0.15) is 4.31 Å². The molecular formula is C13H19N3O3S. The van der Waals surface area contributed by atoms with Crippen LogP contribution in [0.25, 0.3) is 0 Å². The van der Waals surface area contributed by atoms with Gasteiger partial charge < -0.3 is 11.5 Å². The number of hydrogen-bond acceptors (Lipinski definition) is 4. The van der Waals surface area contributed by atoms with Crippen molar-refractivity contribution in [3.05, 3.63) is 35.4 Å². The number of carbonyl (C=O) groups excluding carboxylic acids is 1. The molecular weight excluding hydrogens is 278 g/mol. The van der Waals surface area contributed by atoms with E-state index >= 15 is 0 Å². The molecule has 0 radical (unpaired) electrons. The molecule has 20 heavy (non-hydrogen) atoms. The Balaban J connectivity index is 2.25. The van der Waals surface area contributed by atoms with Crippen molar-refractivity contribution in [1.29, 1.82) is 0 Å². The Hall–Kier alpha value is -1.44. The van der Waals surface area contributed by atoms with E-state index in [0.717, 1.165) is 5.56 Å². The summed E-state index contributed by atoms with van der Waals surface area (Å²) in [6.07, 6.45) is 1.15. The van der Waals surface area contributed by atoms with Gasteiger partial charge in [-0.25, -0.2) is 8.42 Å². The van der Waals surface area contributed by atoms with Crippen molar-refractivity contribution in [1.82, 2.24) is 4.31 Å². The Morgan fingerprint density at radius 3 is 2.55 bits per heavy atom. The number of amides is 1. The first-order chi connectivity index (χ1) is 9.45. The topological polar surface area (TPSA) is 106 Å². The van der Waals surface area contributed by atoms with Crippen LogP contribution in [0.1, 0.15) is 24.0 Å². The van der Waals surface area contributed by atoms with Crippen molar-refractivity contribution in [2.45, 2.75) is 31.2 Å². The Morgan fingerprint density at radius 1 is 1.30 bits per heavy atom. The monoisotopic (exact) mass is 297 g/mol. The summed E-state index contributed by atoms with van der Waals surface area (Å²) in [5, 5.41) is 0. The van der Waals surface area contributed by atoms with Crippen LogP contribution in [0, 0.1) is 0 Å². The minimum atomic E-state index is -3.56. The van der Waals surface area contributed by atoms with Gasteiger partial charge >= 0.3 is 0 Å². The second-order valence-electron chi connectivity index (χ2n) is 4.90. The maximum absolute atomic E-state index is 12.5. The van der Waals surface area contributed by atoms with Gasteiger partial charge in [0.15, 0.2) is 0 Å². The summed E-state index contributed by atoms with van der Waals surface area (Å²) in [7, 11) is -3.56. The molecule has 0 aliphatic carbocycles. The Labute approximate surface area is 118 Å². The molecule has 6 nitrogen and oxygen atoms in total. The molecule has 1 heterocycles. The van der Waals surface area contributed by atoms with Gasteiger partial charge in [0, 0.05) is 13.1 Å². The lowest BCUT2D eigenvalue weighted by Crippen LogP contribution is -2.44. The Kier molecular flexibility index (Phi) is 4.42.